The first-order chi connectivity index (χ1) is 9.35. The van der Waals surface area contributed by atoms with Gasteiger partial charge >= 0.3 is 0 Å². The fourth-order valence-electron chi connectivity index (χ4n) is 1.85. The van der Waals surface area contributed by atoms with Gasteiger partial charge in [0.15, 0.2) is 5.13 Å². The van der Waals surface area contributed by atoms with Crippen LogP contribution in [-0.2, 0) is 16.4 Å². The Morgan fingerprint density at radius 2 is 2.05 bits per heavy atom. The van der Waals surface area contributed by atoms with Crippen molar-refractivity contribution in [2.75, 3.05) is 4.72 Å². The van der Waals surface area contributed by atoms with Crippen molar-refractivity contribution in [1.29, 1.82) is 0 Å². The van der Waals surface area contributed by atoms with Crippen molar-refractivity contribution in [2.24, 2.45) is 0 Å². The molecule has 0 aliphatic heterocycles. The summed E-state index contributed by atoms with van der Waals surface area (Å²) < 4.78 is 27.3. The Bertz CT molecular complexity index is 739. The lowest BCUT2D eigenvalue weighted by molar-refractivity contribution is 0.600. The number of aryl methyl sites for hydroxylation is 2. The van der Waals surface area contributed by atoms with Gasteiger partial charge in [-0.3, -0.25) is 4.72 Å². The Kier molecular flexibility index (Phi) is 4.36. The molecule has 0 aliphatic rings. The van der Waals surface area contributed by atoms with E-state index in [1.165, 1.54) is 17.4 Å². The minimum absolute atomic E-state index is 0.177. The van der Waals surface area contributed by atoms with Gasteiger partial charge in [-0.25, -0.2) is 13.4 Å². The number of rotatable bonds is 4. The molecule has 0 saturated heterocycles. The Balaban J connectivity index is 2.38. The van der Waals surface area contributed by atoms with Crippen LogP contribution in [0.2, 0.25) is 5.02 Å². The Labute approximate surface area is 127 Å². The Hall–Kier alpha value is -1.11. The summed E-state index contributed by atoms with van der Waals surface area (Å²) >= 11 is 7.33. The summed E-state index contributed by atoms with van der Waals surface area (Å²) in [7, 11) is -3.66. The number of thiazole rings is 1. The largest absolute Gasteiger partial charge is 0.263 e. The molecule has 0 atom stereocenters. The zero-order chi connectivity index (χ0) is 14.9. The number of halogens is 1. The second-order valence-electron chi connectivity index (χ2n) is 4.35. The van der Waals surface area contributed by atoms with Gasteiger partial charge in [0.25, 0.3) is 10.0 Å². The number of nitrogens with zero attached hydrogens (tertiary/aromatic N) is 1. The SMILES string of the molecule is CCc1sc(NS(=O)(=O)c2cccc(Cl)c2C)nc1C. The lowest BCUT2D eigenvalue weighted by atomic mass is 10.2. The Morgan fingerprint density at radius 1 is 1.35 bits per heavy atom. The predicted molar refractivity (Wildman–Crippen MR) is 83.2 cm³/mol. The van der Waals surface area contributed by atoms with Crippen LogP contribution in [0.4, 0.5) is 5.13 Å². The number of nitrogens with one attached hydrogen (secondary N) is 1. The van der Waals surface area contributed by atoms with Crippen molar-refractivity contribution in [3.63, 3.8) is 0 Å². The van der Waals surface area contributed by atoms with E-state index in [0.717, 1.165) is 17.0 Å². The van der Waals surface area contributed by atoms with Gasteiger partial charge in [-0.05, 0) is 38.0 Å². The maximum Gasteiger partial charge on any atom is 0.263 e. The summed E-state index contributed by atoms with van der Waals surface area (Å²) in [5.74, 6) is 0. The number of anilines is 1. The van der Waals surface area contributed by atoms with E-state index in [9.17, 15) is 8.42 Å². The van der Waals surface area contributed by atoms with Gasteiger partial charge in [-0.15, -0.1) is 11.3 Å². The molecule has 0 bridgehead atoms. The van der Waals surface area contributed by atoms with Crippen molar-refractivity contribution in [3.05, 3.63) is 39.4 Å². The molecule has 1 aromatic carbocycles. The van der Waals surface area contributed by atoms with E-state index in [1.807, 2.05) is 13.8 Å². The first kappa shape index (κ1) is 15.3. The van der Waals surface area contributed by atoms with Crippen molar-refractivity contribution < 1.29 is 8.42 Å². The molecule has 0 saturated carbocycles. The lowest BCUT2D eigenvalue weighted by Crippen LogP contribution is -2.14. The third kappa shape index (κ3) is 2.97. The molecule has 0 unspecified atom stereocenters. The van der Waals surface area contributed by atoms with Crippen LogP contribution in [0.25, 0.3) is 0 Å². The molecular weight excluding hydrogens is 316 g/mol. The molecule has 0 spiro atoms. The second-order valence-corrected chi connectivity index (χ2v) is 7.49. The molecule has 1 N–H and O–H groups in total. The Morgan fingerprint density at radius 3 is 2.65 bits per heavy atom. The highest BCUT2D eigenvalue weighted by molar-refractivity contribution is 7.93. The normalized spacial score (nSPS) is 11.6. The summed E-state index contributed by atoms with van der Waals surface area (Å²) in [6.07, 6.45) is 0.835. The summed E-state index contributed by atoms with van der Waals surface area (Å²) in [5.41, 5.74) is 1.39. The zero-order valence-electron chi connectivity index (χ0n) is 11.4. The molecule has 20 heavy (non-hydrogen) atoms. The predicted octanol–water partition coefficient (Wildman–Crippen LogP) is 3.78. The highest BCUT2D eigenvalue weighted by Gasteiger charge is 2.20. The molecule has 0 aliphatic carbocycles. The molecule has 2 rings (SSSR count). The first-order valence-electron chi connectivity index (χ1n) is 6.09. The van der Waals surface area contributed by atoms with E-state index in [-0.39, 0.29) is 4.90 Å². The molecular formula is C13H15ClN2O2S2. The zero-order valence-corrected chi connectivity index (χ0v) is 13.8. The van der Waals surface area contributed by atoms with E-state index in [2.05, 4.69) is 9.71 Å². The van der Waals surface area contributed by atoms with E-state index in [4.69, 9.17) is 11.6 Å². The maximum atomic E-state index is 12.4. The average Bonchev–Trinajstić information content (AvgIpc) is 2.71. The second kappa shape index (κ2) is 5.71. The first-order valence-corrected chi connectivity index (χ1v) is 8.77. The van der Waals surface area contributed by atoms with Crippen molar-refractivity contribution in [1.82, 2.24) is 4.98 Å². The van der Waals surface area contributed by atoms with Gasteiger partial charge in [0.1, 0.15) is 0 Å². The number of aromatic nitrogens is 1. The molecule has 7 heteroatoms. The van der Waals surface area contributed by atoms with Crippen LogP contribution < -0.4 is 4.72 Å². The highest BCUT2D eigenvalue weighted by Crippen LogP contribution is 2.28. The number of hydrogen-bond acceptors (Lipinski definition) is 4. The van der Waals surface area contributed by atoms with Gasteiger partial charge in [0, 0.05) is 9.90 Å². The lowest BCUT2D eigenvalue weighted by Gasteiger charge is -2.09. The van der Waals surface area contributed by atoms with Gasteiger partial charge in [0.2, 0.25) is 0 Å². The van der Waals surface area contributed by atoms with Crippen LogP contribution in [0.1, 0.15) is 23.1 Å². The maximum absolute atomic E-state index is 12.4. The quantitative estimate of drug-likeness (QED) is 0.928. The van der Waals surface area contributed by atoms with Gasteiger partial charge < -0.3 is 0 Å². The topological polar surface area (TPSA) is 59.1 Å². The number of sulfonamides is 1. The van der Waals surface area contributed by atoms with Gasteiger partial charge in [0.05, 0.1) is 10.6 Å². The molecule has 1 aromatic heterocycles. The highest BCUT2D eigenvalue weighted by atomic mass is 35.5. The van der Waals surface area contributed by atoms with Crippen LogP contribution >= 0.6 is 22.9 Å². The van der Waals surface area contributed by atoms with Gasteiger partial charge in [-0.2, -0.15) is 0 Å². The summed E-state index contributed by atoms with van der Waals surface area (Å²) in [5, 5.41) is 0.816. The van der Waals surface area contributed by atoms with Crippen LogP contribution in [0, 0.1) is 13.8 Å². The molecule has 1 heterocycles. The molecule has 0 fully saturated rings. The minimum Gasteiger partial charge on any atom is -0.255 e. The van der Waals surface area contributed by atoms with Crippen molar-refractivity contribution in [2.45, 2.75) is 32.1 Å². The standard InChI is InChI=1S/C13H15ClN2O2S2/c1-4-11-9(3)15-13(19-11)16-20(17,18)12-7-5-6-10(14)8(12)2/h5-7H,4H2,1-3H3,(H,15,16). The smallest absolute Gasteiger partial charge is 0.255 e. The average molecular weight is 331 g/mol. The molecule has 108 valence electrons. The molecule has 2 aromatic rings. The molecule has 0 amide bonds. The molecule has 4 nitrogen and oxygen atoms in total. The fourth-order valence-corrected chi connectivity index (χ4v) is 4.48. The summed E-state index contributed by atoms with van der Waals surface area (Å²) in [6.45, 7) is 5.57. The third-order valence-corrected chi connectivity index (χ3v) is 6.18. The van der Waals surface area contributed by atoms with Crippen molar-refractivity contribution >= 4 is 38.1 Å². The van der Waals surface area contributed by atoms with E-state index < -0.39 is 10.0 Å². The molecule has 0 radical (unpaired) electrons. The van der Waals surface area contributed by atoms with Crippen LogP contribution in [-0.4, -0.2) is 13.4 Å². The van der Waals surface area contributed by atoms with E-state index in [0.29, 0.717) is 15.7 Å². The number of benzene rings is 1. The van der Waals surface area contributed by atoms with Crippen LogP contribution in [0.5, 0.6) is 0 Å². The fraction of sp³-hybridized carbons (Fsp3) is 0.308. The monoisotopic (exact) mass is 330 g/mol. The van der Waals surface area contributed by atoms with Crippen molar-refractivity contribution in [3.8, 4) is 0 Å². The third-order valence-electron chi connectivity index (χ3n) is 2.94. The van der Waals surface area contributed by atoms with Crippen LogP contribution in [0.15, 0.2) is 23.1 Å². The van der Waals surface area contributed by atoms with E-state index >= 15 is 0 Å². The summed E-state index contributed by atoms with van der Waals surface area (Å²) in [6, 6.07) is 4.82. The minimum atomic E-state index is -3.66. The summed E-state index contributed by atoms with van der Waals surface area (Å²) in [4.78, 5) is 5.49. The van der Waals surface area contributed by atoms with Gasteiger partial charge in [-0.1, -0.05) is 24.6 Å². The number of hydrogen-bond donors (Lipinski definition) is 1. The van der Waals surface area contributed by atoms with E-state index in [1.54, 1.807) is 19.1 Å². The van der Waals surface area contributed by atoms with Crippen LogP contribution in [0.3, 0.4) is 0 Å².